The van der Waals surface area contributed by atoms with Crippen LogP contribution in [0.1, 0.15) is 74.1 Å². The van der Waals surface area contributed by atoms with Crippen molar-refractivity contribution in [3.63, 3.8) is 0 Å². The van der Waals surface area contributed by atoms with Crippen molar-refractivity contribution < 1.29 is 24.9 Å². The highest BCUT2D eigenvalue weighted by atomic mass is 16.3. The number of Topliss-reactive ketones (excluding diaryl/α,β-unsaturated/α-hetero) is 2. The summed E-state index contributed by atoms with van der Waals surface area (Å²) < 4.78 is 0. The number of hydrogen-bond acceptors (Lipinski definition) is 6. The molecule has 0 aromatic carbocycles. The van der Waals surface area contributed by atoms with Gasteiger partial charge in [-0.15, -0.1) is 0 Å². The van der Waals surface area contributed by atoms with Crippen molar-refractivity contribution in [1.29, 1.82) is 0 Å². The van der Waals surface area contributed by atoms with Crippen LogP contribution in [0, 0.1) is 17.3 Å². The topological polar surface area (TPSA) is 107 Å². The number of aliphatic hydroxyl groups excluding tert-OH is 3. The molecule has 0 rings (SSSR count). The molecule has 28 heavy (non-hydrogen) atoms. The summed E-state index contributed by atoms with van der Waals surface area (Å²) in [5.41, 5.74) is 0.162. The van der Waals surface area contributed by atoms with Crippen LogP contribution in [0.5, 0.6) is 0 Å². The Morgan fingerprint density at radius 2 is 1.71 bits per heavy atom. The molecular formula is C22H41NO5. The maximum atomic E-state index is 12.8. The van der Waals surface area contributed by atoms with Crippen LogP contribution in [0.15, 0.2) is 11.6 Å². The summed E-state index contributed by atoms with van der Waals surface area (Å²) in [5, 5.41) is 32.4. The fourth-order valence-corrected chi connectivity index (χ4v) is 3.57. The quantitative estimate of drug-likeness (QED) is 0.264. The Labute approximate surface area is 170 Å². The molecule has 0 aromatic heterocycles. The third kappa shape index (κ3) is 8.11. The largest absolute Gasteiger partial charge is 0.392 e. The van der Waals surface area contributed by atoms with E-state index in [0.29, 0.717) is 6.42 Å². The fourth-order valence-electron chi connectivity index (χ4n) is 3.57. The van der Waals surface area contributed by atoms with Gasteiger partial charge in [0.2, 0.25) is 0 Å². The summed E-state index contributed by atoms with van der Waals surface area (Å²) in [6, 6.07) is -0.488. The minimum Gasteiger partial charge on any atom is -0.392 e. The smallest absolute Gasteiger partial charge is 0.150 e. The van der Waals surface area contributed by atoms with Crippen molar-refractivity contribution in [3.05, 3.63) is 11.6 Å². The van der Waals surface area contributed by atoms with E-state index in [1.54, 1.807) is 20.8 Å². The zero-order valence-electron chi connectivity index (χ0n) is 18.7. The minimum absolute atomic E-state index is 0.0543. The maximum Gasteiger partial charge on any atom is 0.150 e. The summed E-state index contributed by atoms with van der Waals surface area (Å²) in [5.74, 6) is -0.766. The van der Waals surface area contributed by atoms with Gasteiger partial charge < -0.3 is 15.3 Å². The second kappa shape index (κ2) is 12.5. The van der Waals surface area contributed by atoms with E-state index in [2.05, 4.69) is 5.32 Å². The van der Waals surface area contributed by atoms with E-state index in [-0.39, 0.29) is 24.2 Å². The van der Waals surface area contributed by atoms with Crippen molar-refractivity contribution in [2.75, 3.05) is 6.73 Å². The third-order valence-corrected chi connectivity index (χ3v) is 5.79. The van der Waals surface area contributed by atoms with E-state index in [0.717, 1.165) is 24.8 Å². The molecule has 0 fully saturated rings. The first-order valence-electron chi connectivity index (χ1n) is 10.3. The molecule has 6 heteroatoms. The lowest BCUT2D eigenvalue weighted by Gasteiger charge is -2.34. The molecule has 0 aliphatic rings. The molecule has 0 heterocycles. The van der Waals surface area contributed by atoms with Crippen LogP contribution in [-0.4, -0.2) is 51.9 Å². The highest BCUT2D eigenvalue weighted by molar-refractivity contribution is 5.87. The molecule has 0 aliphatic heterocycles. The predicted molar refractivity (Wildman–Crippen MR) is 112 cm³/mol. The number of hydrogen-bond donors (Lipinski definition) is 4. The molecule has 0 spiro atoms. The SMILES string of the molecule is CCC(O)C(C)(C)C(=O)C(C)C(O)C(C)CCC/C(C)=C\C(NCO)C(C)=O. The molecule has 0 aromatic rings. The van der Waals surface area contributed by atoms with Gasteiger partial charge >= 0.3 is 0 Å². The lowest BCUT2D eigenvalue weighted by atomic mass is 9.73. The van der Waals surface area contributed by atoms with E-state index in [9.17, 15) is 19.8 Å². The standard InChI is InChI=1S/C22H41NO5/c1-8-19(26)22(6,7)21(28)16(4)20(27)15(3)11-9-10-14(2)12-18(17(5)25)23-13-24/h12,15-16,18-20,23-24,26-27H,8-11,13H2,1-7H3/b14-12-. The molecule has 5 unspecified atom stereocenters. The van der Waals surface area contributed by atoms with Gasteiger partial charge in [-0.25, -0.2) is 0 Å². The minimum atomic E-state index is -0.879. The summed E-state index contributed by atoms with van der Waals surface area (Å²) in [6.07, 6.45) is 3.18. The number of nitrogens with one attached hydrogen (secondary N) is 1. The molecule has 5 atom stereocenters. The monoisotopic (exact) mass is 399 g/mol. The fraction of sp³-hybridized carbons (Fsp3) is 0.818. The van der Waals surface area contributed by atoms with Crippen molar-refractivity contribution in [3.8, 4) is 0 Å². The first-order valence-corrected chi connectivity index (χ1v) is 10.3. The summed E-state index contributed by atoms with van der Waals surface area (Å²) in [6.45, 7) is 12.1. The van der Waals surface area contributed by atoms with E-state index in [4.69, 9.17) is 5.11 Å². The maximum absolute atomic E-state index is 12.8. The van der Waals surface area contributed by atoms with Gasteiger partial charge in [0.1, 0.15) is 5.78 Å². The highest BCUT2D eigenvalue weighted by Crippen LogP contribution is 2.31. The normalized spacial score (nSPS) is 18.3. The Bertz CT molecular complexity index is 529. The van der Waals surface area contributed by atoms with Crippen molar-refractivity contribution >= 4 is 11.6 Å². The molecule has 0 amide bonds. The molecule has 6 nitrogen and oxygen atoms in total. The number of carbonyl (C=O) groups is 2. The lowest BCUT2D eigenvalue weighted by Crippen LogP contribution is -2.44. The Morgan fingerprint density at radius 3 is 2.18 bits per heavy atom. The lowest BCUT2D eigenvalue weighted by molar-refractivity contribution is -0.141. The average Bonchev–Trinajstić information content (AvgIpc) is 2.64. The Kier molecular flexibility index (Phi) is 12.0. The van der Waals surface area contributed by atoms with Crippen LogP contribution in [0.4, 0.5) is 0 Å². The molecule has 4 N–H and O–H groups in total. The van der Waals surface area contributed by atoms with Gasteiger partial charge in [0.15, 0.2) is 5.78 Å². The van der Waals surface area contributed by atoms with Crippen LogP contribution in [0.3, 0.4) is 0 Å². The summed E-state index contributed by atoms with van der Waals surface area (Å²) in [4.78, 5) is 24.3. The molecule has 0 aliphatic carbocycles. The van der Waals surface area contributed by atoms with Crippen LogP contribution in [0.25, 0.3) is 0 Å². The molecule has 0 saturated carbocycles. The van der Waals surface area contributed by atoms with Crippen LogP contribution < -0.4 is 5.32 Å². The van der Waals surface area contributed by atoms with E-state index in [1.807, 2.05) is 26.8 Å². The Balaban J connectivity index is 4.72. The van der Waals surface area contributed by atoms with Crippen molar-refractivity contribution in [2.45, 2.75) is 92.4 Å². The zero-order valence-corrected chi connectivity index (χ0v) is 18.7. The molecule has 0 bridgehead atoms. The van der Waals surface area contributed by atoms with Crippen LogP contribution in [0.2, 0.25) is 0 Å². The van der Waals surface area contributed by atoms with E-state index < -0.39 is 29.6 Å². The van der Waals surface area contributed by atoms with Gasteiger partial charge in [-0.3, -0.25) is 14.9 Å². The van der Waals surface area contributed by atoms with Crippen LogP contribution >= 0.6 is 0 Å². The number of carbonyl (C=O) groups excluding carboxylic acids is 2. The average molecular weight is 400 g/mol. The van der Waals surface area contributed by atoms with Gasteiger partial charge in [-0.1, -0.05) is 46.3 Å². The van der Waals surface area contributed by atoms with Crippen molar-refractivity contribution in [2.24, 2.45) is 17.3 Å². The van der Waals surface area contributed by atoms with Gasteiger partial charge in [-0.05, 0) is 45.4 Å². The molecule has 164 valence electrons. The summed E-state index contributed by atoms with van der Waals surface area (Å²) in [7, 11) is 0. The zero-order chi connectivity index (χ0) is 22.1. The number of aliphatic hydroxyl groups is 3. The second-order valence-electron chi connectivity index (χ2n) is 8.62. The first-order chi connectivity index (χ1) is 12.9. The van der Waals surface area contributed by atoms with Gasteiger partial charge in [0.25, 0.3) is 0 Å². The molecule has 0 saturated heterocycles. The van der Waals surface area contributed by atoms with Gasteiger partial charge in [-0.2, -0.15) is 0 Å². The van der Waals surface area contributed by atoms with Crippen LogP contribution in [-0.2, 0) is 9.59 Å². The predicted octanol–water partition coefficient (Wildman–Crippen LogP) is 2.60. The highest BCUT2D eigenvalue weighted by Gasteiger charge is 2.40. The Morgan fingerprint density at radius 1 is 1.14 bits per heavy atom. The van der Waals surface area contributed by atoms with Gasteiger partial charge in [0.05, 0.1) is 25.0 Å². The van der Waals surface area contributed by atoms with Gasteiger partial charge in [0, 0.05) is 11.3 Å². The number of allylic oxidation sites excluding steroid dienone is 1. The molecule has 0 radical (unpaired) electrons. The molecular weight excluding hydrogens is 358 g/mol. The summed E-state index contributed by atoms with van der Waals surface area (Å²) >= 11 is 0. The van der Waals surface area contributed by atoms with Crippen molar-refractivity contribution in [1.82, 2.24) is 5.32 Å². The number of ketones is 2. The number of rotatable bonds is 14. The second-order valence-corrected chi connectivity index (χ2v) is 8.62. The first kappa shape index (κ1) is 26.9. The van der Waals surface area contributed by atoms with E-state index in [1.165, 1.54) is 6.92 Å². The Hall–Kier alpha value is -1.08. The van der Waals surface area contributed by atoms with E-state index >= 15 is 0 Å². The third-order valence-electron chi connectivity index (χ3n) is 5.79.